The number of nitrogens with one attached hydrogen (secondary N) is 3. The molecular weight excluding hydrogens is 348 g/mol. The number of rotatable bonds is 7. The van der Waals surface area contributed by atoms with Crippen molar-refractivity contribution in [2.24, 2.45) is 10.9 Å². The van der Waals surface area contributed by atoms with Crippen LogP contribution in [-0.2, 0) is 6.42 Å². The number of aromatic amines is 1. The highest BCUT2D eigenvalue weighted by molar-refractivity contribution is 5.83. The predicted molar refractivity (Wildman–Crippen MR) is 119 cm³/mol. The second-order valence-electron chi connectivity index (χ2n) is 8.14. The van der Waals surface area contributed by atoms with Gasteiger partial charge in [0.2, 0.25) is 0 Å². The molecule has 1 atom stereocenters. The lowest BCUT2D eigenvalue weighted by Gasteiger charge is -2.40. The molecule has 1 aliphatic heterocycles. The van der Waals surface area contributed by atoms with Gasteiger partial charge in [0.25, 0.3) is 0 Å². The van der Waals surface area contributed by atoms with E-state index in [1.165, 1.54) is 16.5 Å². The van der Waals surface area contributed by atoms with Crippen LogP contribution in [0.3, 0.4) is 0 Å². The molecule has 1 fully saturated rings. The number of likely N-dealkylation sites (N-methyl/N-ethyl adjacent to an activating group) is 1. The number of nitrogens with zero attached hydrogens (tertiary/aromatic N) is 3. The molecule has 1 aromatic heterocycles. The number of aromatic nitrogens is 1. The molecule has 28 heavy (non-hydrogen) atoms. The number of para-hydroxylation sites is 1. The van der Waals surface area contributed by atoms with Crippen LogP contribution < -0.4 is 10.6 Å². The van der Waals surface area contributed by atoms with E-state index in [2.05, 4.69) is 81.8 Å². The summed E-state index contributed by atoms with van der Waals surface area (Å²) in [5.41, 5.74) is 2.54. The molecule has 0 aliphatic carbocycles. The summed E-state index contributed by atoms with van der Waals surface area (Å²) in [6, 6.07) is 8.99. The van der Waals surface area contributed by atoms with Gasteiger partial charge in [-0.15, -0.1) is 0 Å². The average molecular weight is 385 g/mol. The second-order valence-corrected chi connectivity index (χ2v) is 8.14. The first-order valence-corrected chi connectivity index (χ1v) is 10.5. The Morgan fingerprint density at radius 2 is 1.89 bits per heavy atom. The van der Waals surface area contributed by atoms with Gasteiger partial charge in [0.05, 0.1) is 0 Å². The number of piperazine rings is 1. The minimum Gasteiger partial charge on any atom is -0.361 e. The number of hydrogen-bond acceptors (Lipinski definition) is 3. The first kappa shape index (κ1) is 20.7. The van der Waals surface area contributed by atoms with Crippen LogP contribution in [0.2, 0.25) is 0 Å². The topological polar surface area (TPSA) is 58.7 Å². The number of aliphatic imine (C=N–C) groups is 1. The minimum absolute atomic E-state index is 0.529. The zero-order valence-corrected chi connectivity index (χ0v) is 17.8. The molecule has 0 radical (unpaired) electrons. The molecule has 3 N–H and O–H groups in total. The summed E-state index contributed by atoms with van der Waals surface area (Å²) in [5.74, 6) is 1.50. The molecule has 1 saturated heterocycles. The Bertz CT molecular complexity index is 757. The molecule has 6 heteroatoms. The monoisotopic (exact) mass is 384 g/mol. The quantitative estimate of drug-likeness (QED) is 0.506. The lowest BCUT2D eigenvalue weighted by Crippen LogP contribution is -2.55. The molecule has 6 nitrogen and oxygen atoms in total. The molecule has 1 unspecified atom stereocenters. The van der Waals surface area contributed by atoms with Crippen LogP contribution in [-0.4, -0.2) is 80.1 Å². The molecule has 0 bridgehead atoms. The van der Waals surface area contributed by atoms with Crippen molar-refractivity contribution in [1.29, 1.82) is 0 Å². The molecule has 0 amide bonds. The van der Waals surface area contributed by atoms with Crippen LogP contribution in [0.4, 0.5) is 0 Å². The Balaban J connectivity index is 1.48. The van der Waals surface area contributed by atoms with E-state index in [1.54, 1.807) is 0 Å². The van der Waals surface area contributed by atoms with E-state index in [0.29, 0.717) is 12.0 Å². The molecule has 1 aromatic carbocycles. The smallest absolute Gasteiger partial charge is 0.191 e. The third-order valence-corrected chi connectivity index (χ3v) is 5.84. The van der Waals surface area contributed by atoms with Gasteiger partial charge < -0.3 is 20.5 Å². The summed E-state index contributed by atoms with van der Waals surface area (Å²) in [5, 5.41) is 8.33. The van der Waals surface area contributed by atoms with E-state index in [-0.39, 0.29) is 0 Å². The molecule has 154 valence electrons. The number of H-pyrrole nitrogens is 1. The normalized spacial score (nSPS) is 18.0. The van der Waals surface area contributed by atoms with Crippen molar-refractivity contribution in [3.05, 3.63) is 36.0 Å². The van der Waals surface area contributed by atoms with Crippen molar-refractivity contribution in [3.63, 3.8) is 0 Å². The Morgan fingerprint density at radius 1 is 1.14 bits per heavy atom. The Labute approximate surface area is 169 Å². The van der Waals surface area contributed by atoms with Gasteiger partial charge in [-0.1, -0.05) is 32.0 Å². The second kappa shape index (κ2) is 9.94. The lowest BCUT2D eigenvalue weighted by molar-refractivity contribution is 0.0900. The highest BCUT2D eigenvalue weighted by atomic mass is 15.3. The number of benzene rings is 1. The van der Waals surface area contributed by atoms with Gasteiger partial charge in [-0.05, 0) is 31.0 Å². The van der Waals surface area contributed by atoms with Crippen molar-refractivity contribution in [2.45, 2.75) is 26.3 Å². The van der Waals surface area contributed by atoms with E-state index >= 15 is 0 Å². The highest BCUT2D eigenvalue weighted by Crippen LogP contribution is 2.17. The fourth-order valence-electron chi connectivity index (χ4n) is 4.02. The molecule has 0 spiro atoms. The van der Waals surface area contributed by atoms with E-state index in [1.807, 2.05) is 7.05 Å². The van der Waals surface area contributed by atoms with Gasteiger partial charge in [0.15, 0.2) is 5.96 Å². The maximum atomic E-state index is 4.42. The molecule has 3 rings (SSSR count). The molecule has 2 heterocycles. The van der Waals surface area contributed by atoms with Crippen LogP contribution in [0.25, 0.3) is 10.9 Å². The van der Waals surface area contributed by atoms with Gasteiger partial charge in [0, 0.05) is 69.5 Å². The van der Waals surface area contributed by atoms with Gasteiger partial charge in [-0.2, -0.15) is 0 Å². The zero-order chi connectivity index (χ0) is 19.9. The van der Waals surface area contributed by atoms with Gasteiger partial charge >= 0.3 is 0 Å². The van der Waals surface area contributed by atoms with Crippen molar-refractivity contribution >= 4 is 16.9 Å². The average Bonchev–Trinajstić information content (AvgIpc) is 3.11. The zero-order valence-electron chi connectivity index (χ0n) is 17.8. The molecule has 2 aromatic rings. The van der Waals surface area contributed by atoms with E-state index in [0.717, 1.165) is 51.6 Å². The van der Waals surface area contributed by atoms with E-state index in [4.69, 9.17) is 0 Å². The van der Waals surface area contributed by atoms with Crippen molar-refractivity contribution in [1.82, 2.24) is 25.4 Å². The SMILES string of the molecule is CN=C(NCCc1c[nH]c2ccccc12)NCC(C(C)C)N1CCN(C)CC1. The summed E-state index contributed by atoms with van der Waals surface area (Å²) in [4.78, 5) is 12.8. The van der Waals surface area contributed by atoms with Gasteiger partial charge in [-0.3, -0.25) is 9.89 Å². The largest absolute Gasteiger partial charge is 0.361 e. The van der Waals surface area contributed by atoms with Crippen molar-refractivity contribution in [3.8, 4) is 0 Å². The molecule has 1 aliphatic rings. The Morgan fingerprint density at radius 3 is 2.61 bits per heavy atom. The standard InChI is InChI=1S/C22H36N6/c1-17(2)21(28-13-11-27(4)12-14-28)16-26-22(23-3)24-10-9-18-15-25-20-8-6-5-7-19(18)20/h5-8,15,17,21,25H,9-14,16H2,1-4H3,(H2,23,24,26). The summed E-state index contributed by atoms with van der Waals surface area (Å²) in [6.45, 7) is 11.0. The van der Waals surface area contributed by atoms with Gasteiger partial charge in [0.1, 0.15) is 0 Å². The Kier molecular flexibility index (Phi) is 7.34. The van der Waals surface area contributed by atoms with E-state index < -0.39 is 0 Å². The van der Waals surface area contributed by atoms with Crippen molar-refractivity contribution < 1.29 is 0 Å². The number of fused-ring (bicyclic) bond motifs is 1. The third kappa shape index (κ3) is 5.26. The third-order valence-electron chi connectivity index (χ3n) is 5.84. The summed E-state index contributed by atoms with van der Waals surface area (Å²) in [7, 11) is 4.06. The number of hydrogen-bond donors (Lipinski definition) is 3. The van der Waals surface area contributed by atoms with E-state index in [9.17, 15) is 0 Å². The van der Waals surface area contributed by atoms with Crippen LogP contribution in [0, 0.1) is 5.92 Å². The van der Waals surface area contributed by atoms with Crippen LogP contribution in [0.15, 0.2) is 35.5 Å². The van der Waals surface area contributed by atoms with Crippen LogP contribution >= 0.6 is 0 Å². The fraction of sp³-hybridized carbons (Fsp3) is 0.591. The minimum atomic E-state index is 0.529. The molecule has 0 saturated carbocycles. The van der Waals surface area contributed by atoms with Crippen LogP contribution in [0.1, 0.15) is 19.4 Å². The van der Waals surface area contributed by atoms with Crippen LogP contribution in [0.5, 0.6) is 0 Å². The maximum Gasteiger partial charge on any atom is 0.191 e. The van der Waals surface area contributed by atoms with Crippen molar-refractivity contribution in [2.75, 3.05) is 53.4 Å². The fourth-order valence-corrected chi connectivity index (χ4v) is 4.02. The molecular formula is C22H36N6. The first-order valence-electron chi connectivity index (χ1n) is 10.5. The lowest BCUT2D eigenvalue weighted by atomic mass is 10.0. The predicted octanol–water partition coefficient (Wildman–Crippen LogP) is 2.15. The Hall–Kier alpha value is -2.05. The summed E-state index contributed by atoms with van der Waals surface area (Å²) >= 11 is 0. The maximum absolute atomic E-state index is 4.42. The summed E-state index contributed by atoms with van der Waals surface area (Å²) < 4.78 is 0. The number of guanidine groups is 1. The summed E-state index contributed by atoms with van der Waals surface area (Å²) in [6.07, 6.45) is 3.08. The highest BCUT2D eigenvalue weighted by Gasteiger charge is 2.25. The first-order chi connectivity index (χ1) is 13.6. The van der Waals surface area contributed by atoms with Gasteiger partial charge in [-0.25, -0.2) is 0 Å².